The molecule has 3 aromatic rings. The molecular formula is C17H20N6O. The third kappa shape index (κ3) is 3.34. The van der Waals surface area contributed by atoms with E-state index in [1.807, 2.05) is 39.0 Å². The SMILES string of the molecule is Cc1n[nH]c(C)c1[C@@H](C)CC(=O)Nc1cnn(-c2ccccn2)c1. The number of rotatable bonds is 5. The van der Waals surface area contributed by atoms with Crippen LogP contribution in [0.4, 0.5) is 5.69 Å². The van der Waals surface area contributed by atoms with Crippen molar-refractivity contribution in [3.8, 4) is 5.82 Å². The minimum absolute atomic E-state index is 0.0527. The molecule has 0 aliphatic heterocycles. The number of anilines is 1. The second-order valence-electron chi connectivity index (χ2n) is 5.86. The first-order valence-electron chi connectivity index (χ1n) is 7.82. The first kappa shape index (κ1) is 15.9. The molecule has 0 bridgehead atoms. The fraction of sp³-hybridized carbons (Fsp3) is 0.294. The van der Waals surface area contributed by atoms with E-state index in [9.17, 15) is 4.79 Å². The lowest BCUT2D eigenvalue weighted by Gasteiger charge is -2.11. The zero-order valence-electron chi connectivity index (χ0n) is 13.9. The monoisotopic (exact) mass is 324 g/mol. The Morgan fingerprint density at radius 1 is 1.38 bits per heavy atom. The number of hydrogen-bond donors (Lipinski definition) is 2. The van der Waals surface area contributed by atoms with Crippen LogP contribution >= 0.6 is 0 Å². The molecule has 0 saturated heterocycles. The Labute approximate surface area is 140 Å². The van der Waals surface area contributed by atoms with E-state index in [0.29, 0.717) is 17.9 Å². The Bertz CT molecular complexity index is 816. The highest BCUT2D eigenvalue weighted by Crippen LogP contribution is 2.24. The summed E-state index contributed by atoms with van der Waals surface area (Å²) in [5.74, 6) is 0.744. The molecule has 0 unspecified atom stereocenters. The number of H-pyrrole nitrogens is 1. The third-order valence-electron chi connectivity index (χ3n) is 3.92. The minimum atomic E-state index is -0.0527. The van der Waals surface area contributed by atoms with E-state index in [0.717, 1.165) is 17.0 Å². The number of amides is 1. The molecule has 0 saturated carbocycles. The van der Waals surface area contributed by atoms with Crippen molar-refractivity contribution in [2.24, 2.45) is 0 Å². The molecule has 3 rings (SSSR count). The molecule has 24 heavy (non-hydrogen) atoms. The number of carbonyl (C=O) groups excluding carboxylic acids is 1. The topological polar surface area (TPSA) is 88.5 Å². The van der Waals surface area contributed by atoms with Gasteiger partial charge in [-0.2, -0.15) is 10.2 Å². The Kier molecular flexibility index (Phi) is 4.41. The zero-order valence-corrected chi connectivity index (χ0v) is 13.9. The van der Waals surface area contributed by atoms with Gasteiger partial charge in [0.05, 0.1) is 23.8 Å². The molecule has 7 heteroatoms. The summed E-state index contributed by atoms with van der Waals surface area (Å²) in [5, 5.41) is 14.3. The summed E-state index contributed by atoms with van der Waals surface area (Å²) in [6.07, 6.45) is 5.45. The van der Waals surface area contributed by atoms with Crippen molar-refractivity contribution >= 4 is 11.6 Å². The molecule has 3 heterocycles. The third-order valence-corrected chi connectivity index (χ3v) is 3.92. The van der Waals surface area contributed by atoms with Gasteiger partial charge in [0, 0.05) is 18.3 Å². The Morgan fingerprint density at radius 2 is 2.21 bits per heavy atom. The number of aromatic nitrogens is 5. The summed E-state index contributed by atoms with van der Waals surface area (Å²) < 4.78 is 1.63. The van der Waals surface area contributed by atoms with Gasteiger partial charge in [0.15, 0.2) is 5.82 Å². The van der Waals surface area contributed by atoms with E-state index >= 15 is 0 Å². The Hall–Kier alpha value is -2.96. The normalized spacial score (nSPS) is 12.1. The van der Waals surface area contributed by atoms with Gasteiger partial charge in [-0.3, -0.25) is 9.89 Å². The van der Waals surface area contributed by atoms with E-state index < -0.39 is 0 Å². The van der Waals surface area contributed by atoms with E-state index in [-0.39, 0.29) is 11.8 Å². The molecule has 1 atom stereocenters. The van der Waals surface area contributed by atoms with Gasteiger partial charge in [-0.15, -0.1) is 0 Å². The highest BCUT2D eigenvalue weighted by Gasteiger charge is 2.18. The molecule has 0 aliphatic rings. The number of hydrogen-bond acceptors (Lipinski definition) is 4. The van der Waals surface area contributed by atoms with Crippen LogP contribution in [0, 0.1) is 13.8 Å². The molecule has 0 radical (unpaired) electrons. The smallest absolute Gasteiger partial charge is 0.225 e. The van der Waals surface area contributed by atoms with Crippen LogP contribution in [-0.4, -0.2) is 30.9 Å². The van der Waals surface area contributed by atoms with Crippen molar-refractivity contribution < 1.29 is 4.79 Å². The van der Waals surface area contributed by atoms with Crippen LogP contribution in [0.1, 0.15) is 36.2 Å². The van der Waals surface area contributed by atoms with Crippen LogP contribution in [-0.2, 0) is 4.79 Å². The van der Waals surface area contributed by atoms with Gasteiger partial charge in [0.25, 0.3) is 0 Å². The van der Waals surface area contributed by atoms with Crippen molar-refractivity contribution in [2.75, 3.05) is 5.32 Å². The van der Waals surface area contributed by atoms with Crippen molar-refractivity contribution in [1.82, 2.24) is 25.0 Å². The number of aryl methyl sites for hydroxylation is 2. The number of carbonyl (C=O) groups is 1. The molecule has 0 aliphatic carbocycles. The van der Waals surface area contributed by atoms with Gasteiger partial charge in [0.1, 0.15) is 0 Å². The first-order chi connectivity index (χ1) is 11.5. The van der Waals surface area contributed by atoms with Crippen LogP contribution in [0.2, 0.25) is 0 Å². The van der Waals surface area contributed by atoms with Crippen molar-refractivity contribution in [2.45, 2.75) is 33.1 Å². The van der Waals surface area contributed by atoms with Crippen LogP contribution in [0.25, 0.3) is 5.82 Å². The van der Waals surface area contributed by atoms with Crippen LogP contribution in [0.3, 0.4) is 0 Å². The zero-order chi connectivity index (χ0) is 17.1. The molecule has 0 spiro atoms. The lowest BCUT2D eigenvalue weighted by molar-refractivity contribution is -0.116. The van der Waals surface area contributed by atoms with E-state index in [1.165, 1.54) is 0 Å². The maximum Gasteiger partial charge on any atom is 0.225 e. The average molecular weight is 324 g/mol. The lowest BCUT2D eigenvalue weighted by atomic mass is 9.95. The van der Waals surface area contributed by atoms with Gasteiger partial charge < -0.3 is 5.32 Å². The summed E-state index contributed by atoms with van der Waals surface area (Å²) in [5.41, 5.74) is 3.71. The maximum atomic E-state index is 12.3. The average Bonchev–Trinajstić information content (AvgIpc) is 3.15. The largest absolute Gasteiger partial charge is 0.323 e. The van der Waals surface area contributed by atoms with Gasteiger partial charge in [-0.1, -0.05) is 13.0 Å². The molecule has 124 valence electrons. The van der Waals surface area contributed by atoms with E-state index in [4.69, 9.17) is 0 Å². The summed E-state index contributed by atoms with van der Waals surface area (Å²) >= 11 is 0. The highest BCUT2D eigenvalue weighted by atomic mass is 16.1. The number of nitrogens with zero attached hydrogens (tertiary/aromatic N) is 4. The second kappa shape index (κ2) is 6.66. The molecule has 1 amide bonds. The van der Waals surface area contributed by atoms with Gasteiger partial charge >= 0.3 is 0 Å². The highest BCUT2D eigenvalue weighted by molar-refractivity contribution is 5.91. The predicted molar refractivity (Wildman–Crippen MR) is 91.1 cm³/mol. The van der Waals surface area contributed by atoms with E-state index in [1.54, 1.807) is 23.3 Å². The van der Waals surface area contributed by atoms with Crippen LogP contribution in [0.15, 0.2) is 36.8 Å². The fourth-order valence-electron chi connectivity index (χ4n) is 2.88. The number of pyridine rings is 1. The van der Waals surface area contributed by atoms with Crippen molar-refractivity contribution in [3.05, 3.63) is 53.7 Å². The molecule has 3 aromatic heterocycles. The predicted octanol–water partition coefficient (Wildman–Crippen LogP) is 2.74. The molecule has 0 fully saturated rings. The lowest BCUT2D eigenvalue weighted by Crippen LogP contribution is -2.14. The van der Waals surface area contributed by atoms with Crippen molar-refractivity contribution in [3.63, 3.8) is 0 Å². The molecule has 7 nitrogen and oxygen atoms in total. The van der Waals surface area contributed by atoms with Crippen molar-refractivity contribution in [1.29, 1.82) is 0 Å². The fourth-order valence-corrected chi connectivity index (χ4v) is 2.88. The standard InChI is InChI=1S/C17H20N6O/c1-11(17-12(2)21-22-13(17)3)8-16(24)20-14-9-19-23(10-14)15-6-4-5-7-18-15/h4-7,9-11H,8H2,1-3H3,(H,20,24)(H,21,22)/t11-/m0/s1. The number of nitrogens with one attached hydrogen (secondary N) is 2. The quantitative estimate of drug-likeness (QED) is 0.755. The Morgan fingerprint density at radius 3 is 2.88 bits per heavy atom. The second-order valence-corrected chi connectivity index (χ2v) is 5.86. The maximum absolute atomic E-state index is 12.3. The molecular weight excluding hydrogens is 304 g/mol. The van der Waals surface area contributed by atoms with Gasteiger partial charge in [0.2, 0.25) is 5.91 Å². The minimum Gasteiger partial charge on any atom is -0.323 e. The molecule has 2 N–H and O–H groups in total. The summed E-state index contributed by atoms with van der Waals surface area (Å²) in [6.45, 7) is 5.95. The van der Waals surface area contributed by atoms with Gasteiger partial charge in [-0.25, -0.2) is 9.67 Å². The van der Waals surface area contributed by atoms with E-state index in [2.05, 4.69) is 25.6 Å². The summed E-state index contributed by atoms with van der Waals surface area (Å²) in [7, 11) is 0. The summed E-state index contributed by atoms with van der Waals surface area (Å²) in [4.78, 5) is 16.5. The molecule has 0 aromatic carbocycles. The van der Waals surface area contributed by atoms with Crippen LogP contribution in [0.5, 0.6) is 0 Å². The summed E-state index contributed by atoms with van der Waals surface area (Å²) in [6, 6.07) is 5.58. The number of aromatic amines is 1. The van der Waals surface area contributed by atoms with Crippen LogP contribution < -0.4 is 5.32 Å². The Balaban J connectivity index is 1.64. The first-order valence-corrected chi connectivity index (χ1v) is 7.82. The van der Waals surface area contributed by atoms with Gasteiger partial charge in [-0.05, 0) is 37.5 Å².